The smallest absolute Gasteiger partial charge is 0.356 e. The van der Waals surface area contributed by atoms with Gasteiger partial charge < -0.3 is 28.4 Å². The van der Waals surface area contributed by atoms with Gasteiger partial charge >= 0.3 is 11.9 Å². The van der Waals surface area contributed by atoms with Crippen LogP contribution in [0.25, 0.3) is 0 Å². The summed E-state index contributed by atoms with van der Waals surface area (Å²) >= 11 is 0. The standard InChI is InChI=1S/C38H52N4O8/c1-29-8-6-10-33(39-29)35(30-12-14-31(15-13-30)36(43)50-38(2,3)4)42-18-22-48-26-24-46-20-16-41(17-21-47-25-27-49-23-19-42)28-32-9-7-11-34(40-32)37(44)45-5/h6-15,35H,16-28H2,1-5H3. The Morgan fingerprint density at radius 2 is 1.32 bits per heavy atom. The van der Waals surface area contributed by atoms with Crippen molar-refractivity contribution in [3.8, 4) is 0 Å². The fraction of sp³-hybridized carbons (Fsp3) is 0.526. The van der Waals surface area contributed by atoms with E-state index in [2.05, 4.69) is 14.8 Å². The van der Waals surface area contributed by atoms with E-state index in [9.17, 15) is 9.59 Å². The maximum absolute atomic E-state index is 12.7. The van der Waals surface area contributed by atoms with Crippen LogP contribution < -0.4 is 0 Å². The molecule has 0 bridgehead atoms. The van der Waals surface area contributed by atoms with E-state index in [0.717, 1.165) is 22.6 Å². The average molecular weight is 693 g/mol. The fourth-order valence-electron chi connectivity index (χ4n) is 5.47. The lowest BCUT2D eigenvalue weighted by Crippen LogP contribution is -2.36. The number of nitrogens with zero attached hydrogens (tertiary/aromatic N) is 4. The molecule has 1 fully saturated rings. The molecule has 0 amide bonds. The second-order valence-electron chi connectivity index (χ2n) is 13.0. The van der Waals surface area contributed by atoms with E-state index in [1.54, 1.807) is 6.07 Å². The second kappa shape index (κ2) is 20.2. The van der Waals surface area contributed by atoms with E-state index >= 15 is 0 Å². The zero-order valence-corrected chi connectivity index (χ0v) is 30.1. The molecule has 1 aliphatic rings. The molecule has 3 heterocycles. The van der Waals surface area contributed by atoms with E-state index in [1.165, 1.54) is 7.11 Å². The Balaban J connectivity index is 1.40. The molecule has 1 unspecified atom stereocenters. The van der Waals surface area contributed by atoms with E-state index in [0.29, 0.717) is 91.1 Å². The van der Waals surface area contributed by atoms with Gasteiger partial charge in [0.25, 0.3) is 0 Å². The highest BCUT2D eigenvalue weighted by Crippen LogP contribution is 2.28. The topological polar surface area (TPSA) is 122 Å². The van der Waals surface area contributed by atoms with Crippen molar-refractivity contribution >= 4 is 11.9 Å². The Labute approximate surface area is 296 Å². The number of pyridine rings is 2. The number of hydrogen-bond donors (Lipinski definition) is 0. The molecule has 1 saturated heterocycles. The molecule has 12 nitrogen and oxygen atoms in total. The van der Waals surface area contributed by atoms with Gasteiger partial charge in [0.05, 0.1) is 83.0 Å². The summed E-state index contributed by atoms with van der Waals surface area (Å²) in [5.41, 5.74) is 3.80. The van der Waals surface area contributed by atoms with E-state index in [1.807, 2.05) is 82.3 Å². The number of methoxy groups -OCH3 is 1. The van der Waals surface area contributed by atoms with Crippen LogP contribution in [0.2, 0.25) is 0 Å². The maximum atomic E-state index is 12.7. The molecule has 2 aromatic heterocycles. The minimum Gasteiger partial charge on any atom is -0.464 e. The Morgan fingerprint density at radius 1 is 0.740 bits per heavy atom. The van der Waals surface area contributed by atoms with Gasteiger partial charge in [-0.15, -0.1) is 0 Å². The van der Waals surface area contributed by atoms with Crippen molar-refractivity contribution in [1.82, 2.24) is 19.8 Å². The first-order valence-corrected chi connectivity index (χ1v) is 17.2. The Morgan fingerprint density at radius 3 is 1.88 bits per heavy atom. The first-order valence-electron chi connectivity index (χ1n) is 17.2. The minimum atomic E-state index is -0.577. The average Bonchev–Trinajstić information content (AvgIpc) is 3.09. The zero-order valence-electron chi connectivity index (χ0n) is 30.1. The third kappa shape index (κ3) is 13.2. The van der Waals surface area contributed by atoms with Crippen LogP contribution >= 0.6 is 0 Å². The lowest BCUT2D eigenvalue weighted by molar-refractivity contribution is 0.00329. The fourth-order valence-corrected chi connectivity index (χ4v) is 5.47. The number of benzene rings is 1. The molecular formula is C38H52N4O8. The molecule has 0 N–H and O–H groups in total. The molecule has 50 heavy (non-hydrogen) atoms. The molecule has 3 aromatic rings. The molecule has 1 atom stereocenters. The molecule has 1 aromatic carbocycles. The largest absolute Gasteiger partial charge is 0.464 e. The number of aryl methyl sites for hydroxylation is 1. The number of aromatic nitrogens is 2. The van der Waals surface area contributed by atoms with Gasteiger partial charge in [0.15, 0.2) is 0 Å². The molecule has 0 radical (unpaired) electrons. The summed E-state index contributed by atoms with van der Waals surface area (Å²) in [6, 6.07) is 18.7. The number of carbonyl (C=O) groups is 2. The van der Waals surface area contributed by atoms with Crippen molar-refractivity contribution in [2.75, 3.05) is 86.1 Å². The van der Waals surface area contributed by atoms with Crippen LogP contribution in [0.15, 0.2) is 60.7 Å². The van der Waals surface area contributed by atoms with Crippen LogP contribution in [-0.2, 0) is 35.0 Å². The summed E-state index contributed by atoms with van der Waals surface area (Å²) in [6.45, 7) is 14.5. The van der Waals surface area contributed by atoms with Gasteiger partial charge in [0.2, 0.25) is 0 Å². The summed E-state index contributed by atoms with van der Waals surface area (Å²) < 4.78 is 34.3. The summed E-state index contributed by atoms with van der Waals surface area (Å²) in [5, 5.41) is 0. The predicted octanol–water partition coefficient (Wildman–Crippen LogP) is 4.50. The second-order valence-corrected chi connectivity index (χ2v) is 13.0. The Kier molecular flexibility index (Phi) is 15.7. The van der Waals surface area contributed by atoms with E-state index in [4.69, 9.17) is 33.4 Å². The number of ether oxygens (including phenoxy) is 6. The first kappa shape index (κ1) is 39.0. The first-order chi connectivity index (χ1) is 24.1. The van der Waals surface area contributed by atoms with Crippen molar-refractivity contribution in [1.29, 1.82) is 0 Å². The van der Waals surface area contributed by atoms with Gasteiger partial charge in [-0.1, -0.05) is 24.3 Å². The van der Waals surface area contributed by atoms with Crippen LogP contribution in [-0.4, -0.2) is 123 Å². The molecule has 0 spiro atoms. The minimum absolute atomic E-state index is 0.193. The lowest BCUT2D eigenvalue weighted by atomic mass is 9.99. The molecule has 4 rings (SSSR count). The molecular weight excluding hydrogens is 640 g/mol. The van der Waals surface area contributed by atoms with Gasteiger partial charge in [-0.3, -0.25) is 14.8 Å². The van der Waals surface area contributed by atoms with Crippen molar-refractivity contribution in [3.05, 3.63) is 94.6 Å². The SMILES string of the molecule is COC(=O)c1cccc(CN2CCOCCOCCN(C(c3ccc(C(=O)OC(C)(C)C)cc3)c3cccc(C)n3)CCOCCOCC2)n1. The number of hydrogen-bond acceptors (Lipinski definition) is 12. The predicted molar refractivity (Wildman–Crippen MR) is 188 cm³/mol. The Bertz CT molecular complexity index is 1460. The van der Waals surface area contributed by atoms with Gasteiger partial charge in [0.1, 0.15) is 11.3 Å². The van der Waals surface area contributed by atoms with E-state index in [-0.39, 0.29) is 17.7 Å². The van der Waals surface area contributed by atoms with Gasteiger partial charge in [-0.25, -0.2) is 14.6 Å². The molecule has 272 valence electrons. The highest BCUT2D eigenvalue weighted by Gasteiger charge is 2.25. The number of esters is 2. The normalized spacial score (nSPS) is 17.6. The van der Waals surface area contributed by atoms with Crippen LogP contribution in [0.1, 0.15) is 70.3 Å². The molecule has 0 aliphatic carbocycles. The third-order valence-electron chi connectivity index (χ3n) is 7.90. The molecule has 12 heteroatoms. The van der Waals surface area contributed by atoms with Gasteiger partial charge in [-0.05, 0) is 69.7 Å². The lowest BCUT2D eigenvalue weighted by Gasteiger charge is -2.32. The third-order valence-corrected chi connectivity index (χ3v) is 7.90. The Hall–Kier alpha value is -3.78. The van der Waals surface area contributed by atoms with Gasteiger partial charge in [-0.2, -0.15) is 0 Å². The summed E-state index contributed by atoms with van der Waals surface area (Å²) in [7, 11) is 1.35. The molecule has 1 aliphatic heterocycles. The molecule has 0 saturated carbocycles. The quantitative estimate of drug-likeness (QED) is 0.324. The monoisotopic (exact) mass is 692 g/mol. The highest BCUT2D eigenvalue weighted by molar-refractivity contribution is 5.89. The van der Waals surface area contributed by atoms with Gasteiger partial charge in [0, 0.05) is 38.4 Å². The van der Waals surface area contributed by atoms with Crippen LogP contribution in [0, 0.1) is 6.92 Å². The summed E-state index contributed by atoms with van der Waals surface area (Å²) in [5.74, 6) is -0.815. The van der Waals surface area contributed by atoms with Crippen LogP contribution in [0.3, 0.4) is 0 Å². The number of rotatable bonds is 7. The number of carbonyl (C=O) groups excluding carboxylic acids is 2. The van der Waals surface area contributed by atoms with Crippen LogP contribution in [0.5, 0.6) is 0 Å². The van der Waals surface area contributed by atoms with Crippen LogP contribution in [0.4, 0.5) is 0 Å². The highest BCUT2D eigenvalue weighted by atomic mass is 16.6. The van der Waals surface area contributed by atoms with Crippen molar-refractivity contribution in [2.45, 2.75) is 45.9 Å². The van der Waals surface area contributed by atoms with E-state index < -0.39 is 11.6 Å². The van der Waals surface area contributed by atoms with Crippen molar-refractivity contribution in [3.63, 3.8) is 0 Å². The summed E-state index contributed by atoms with van der Waals surface area (Å²) in [6.07, 6.45) is 0. The van der Waals surface area contributed by atoms with Crippen molar-refractivity contribution in [2.24, 2.45) is 0 Å². The summed E-state index contributed by atoms with van der Waals surface area (Å²) in [4.78, 5) is 38.5. The zero-order chi connectivity index (χ0) is 35.8. The van der Waals surface area contributed by atoms with Crippen molar-refractivity contribution < 1.29 is 38.0 Å². The maximum Gasteiger partial charge on any atom is 0.356 e.